The number of aliphatic imine (C=N–C) groups is 1. The van der Waals surface area contributed by atoms with Gasteiger partial charge in [0.25, 0.3) is 5.56 Å². The van der Waals surface area contributed by atoms with Crippen LogP contribution in [0.2, 0.25) is 0 Å². The zero-order valence-electron chi connectivity index (χ0n) is 16.8. The second-order valence-corrected chi connectivity index (χ2v) is 6.75. The summed E-state index contributed by atoms with van der Waals surface area (Å²) in [5, 5.41) is 12.5. The minimum Gasteiger partial charge on any atom is -0.493 e. The molecule has 0 spiro atoms. The summed E-state index contributed by atoms with van der Waals surface area (Å²) in [6, 6.07) is 12.0. The first-order chi connectivity index (χ1) is 15.0. The summed E-state index contributed by atoms with van der Waals surface area (Å²) in [4.78, 5) is 42.3. The first kappa shape index (κ1) is 22.5. The van der Waals surface area contributed by atoms with Crippen LogP contribution in [0.25, 0.3) is 5.69 Å². The largest absolute Gasteiger partial charge is 0.493 e. The summed E-state index contributed by atoms with van der Waals surface area (Å²) in [5.74, 6) is -2.88. The van der Waals surface area contributed by atoms with Gasteiger partial charge in [-0.25, -0.2) is 9.36 Å². The normalized spacial score (nSPS) is 12.0. The van der Waals surface area contributed by atoms with Crippen molar-refractivity contribution in [3.05, 3.63) is 80.5 Å². The van der Waals surface area contributed by atoms with E-state index in [0.29, 0.717) is 11.3 Å². The molecule has 0 aliphatic carbocycles. The van der Waals surface area contributed by atoms with Gasteiger partial charge in [0.05, 0.1) is 22.8 Å². The number of benzene rings is 2. The van der Waals surface area contributed by atoms with Crippen molar-refractivity contribution in [2.75, 3.05) is 5.32 Å². The number of nitrogens with one attached hydrogen (secondary N) is 2. The van der Waals surface area contributed by atoms with Crippen LogP contribution in [0, 0.1) is 6.92 Å². The van der Waals surface area contributed by atoms with Gasteiger partial charge in [-0.3, -0.25) is 19.6 Å². The number of halogens is 3. The van der Waals surface area contributed by atoms with Crippen molar-refractivity contribution in [1.82, 2.24) is 9.55 Å². The van der Waals surface area contributed by atoms with Crippen LogP contribution in [-0.4, -0.2) is 32.5 Å². The summed E-state index contributed by atoms with van der Waals surface area (Å²) in [7, 11) is 0. The lowest BCUT2D eigenvalue weighted by atomic mass is 10.1. The molecule has 11 heteroatoms. The number of para-hydroxylation sites is 3. The minimum absolute atomic E-state index is 0.0879. The summed E-state index contributed by atoms with van der Waals surface area (Å²) < 4.78 is 38.7. The lowest BCUT2D eigenvalue weighted by Gasteiger charge is -2.14. The Balaban J connectivity index is 2.14. The van der Waals surface area contributed by atoms with Gasteiger partial charge in [-0.2, -0.15) is 13.2 Å². The van der Waals surface area contributed by atoms with Crippen LogP contribution in [0.4, 0.5) is 24.5 Å². The molecule has 0 unspecified atom stereocenters. The SMILES string of the molecule is CC(=Nc1ccccc1NC(=O)C(F)(F)F)c1c(O)n(-c2ccccc2C)c(=O)[nH]c1=O. The van der Waals surface area contributed by atoms with Crippen LogP contribution < -0.4 is 16.6 Å². The standard InChI is InChI=1S/C21H17F3N4O4/c1-11-7-3-6-10-15(11)28-18(30)16(17(29)27-20(28)32)12(2)25-13-8-4-5-9-14(13)26-19(31)21(22,23)24/h3-10,30H,1-2H3,(H,26,31)(H,27,29,32). The van der Waals surface area contributed by atoms with Crippen LogP contribution >= 0.6 is 0 Å². The highest BCUT2D eigenvalue weighted by molar-refractivity contribution is 6.03. The van der Waals surface area contributed by atoms with Crippen molar-refractivity contribution < 1.29 is 23.1 Å². The number of hydrogen-bond acceptors (Lipinski definition) is 5. The molecule has 0 radical (unpaired) electrons. The number of aryl methyl sites for hydroxylation is 1. The fourth-order valence-corrected chi connectivity index (χ4v) is 3.00. The number of anilines is 1. The number of alkyl halides is 3. The quantitative estimate of drug-likeness (QED) is 0.534. The van der Waals surface area contributed by atoms with E-state index in [1.807, 2.05) is 0 Å². The molecule has 0 saturated heterocycles. The van der Waals surface area contributed by atoms with Crippen molar-refractivity contribution in [2.24, 2.45) is 4.99 Å². The van der Waals surface area contributed by atoms with E-state index in [0.717, 1.165) is 4.57 Å². The smallest absolute Gasteiger partial charge is 0.471 e. The second kappa shape index (κ2) is 8.53. The molecule has 3 N–H and O–H groups in total. The van der Waals surface area contributed by atoms with Crippen molar-refractivity contribution >= 4 is 23.0 Å². The van der Waals surface area contributed by atoms with Gasteiger partial charge >= 0.3 is 17.8 Å². The average molecular weight is 446 g/mol. The summed E-state index contributed by atoms with van der Waals surface area (Å²) in [5.41, 5.74) is -1.65. The van der Waals surface area contributed by atoms with Crippen molar-refractivity contribution in [2.45, 2.75) is 20.0 Å². The first-order valence-electron chi connectivity index (χ1n) is 9.18. The van der Waals surface area contributed by atoms with Gasteiger partial charge in [0.2, 0.25) is 5.88 Å². The number of nitrogens with zero attached hydrogens (tertiary/aromatic N) is 2. The molecule has 3 aromatic rings. The lowest BCUT2D eigenvalue weighted by Crippen LogP contribution is -2.33. The van der Waals surface area contributed by atoms with Gasteiger partial charge in [-0.15, -0.1) is 0 Å². The van der Waals surface area contributed by atoms with Crippen LogP contribution in [-0.2, 0) is 4.79 Å². The molecule has 1 amide bonds. The Hall–Kier alpha value is -4.15. The molecule has 0 aliphatic heterocycles. The number of H-pyrrole nitrogens is 1. The predicted octanol–water partition coefficient (Wildman–Crippen LogP) is 3.18. The third kappa shape index (κ3) is 4.46. The van der Waals surface area contributed by atoms with Crippen LogP contribution in [0.3, 0.4) is 0 Å². The van der Waals surface area contributed by atoms with Gasteiger partial charge in [-0.1, -0.05) is 30.3 Å². The number of rotatable bonds is 4. The molecular weight excluding hydrogens is 429 g/mol. The Labute approximate surface area is 178 Å². The highest BCUT2D eigenvalue weighted by Crippen LogP contribution is 2.28. The molecule has 0 fully saturated rings. The van der Waals surface area contributed by atoms with Crippen molar-refractivity contribution in [1.29, 1.82) is 0 Å². The van der Waals surface area contributed by atoms with E-state index >= 15 is 0 Å². The van der Waals surface area contributed by atoms with E-state index in [-0.39, 0.29) is 22.6 Å². The van der Waals surface area contributed by atoms with E-state index in [2.05, 4.69) is 9.98 Å². The number of carbonyl (C=O) groups excluding carboxylic acids is 1. The number of hydrogen-bond donors (Lipinski definition) is 3. The zero-order chi connectivity index (χ0) is 23.6. The van der Waals surface area contributed by atoms with E-state index in [4.69, 9.17) is 0 Å². The summed E-state index contributed by atoms with van der Waals surface area (Å²) in [6.45, 7) is 3.03. The molecule has 1 aromatic heterocycles. The molecule has 0 atom stereocenters. The number of amides is 1. The van der Waals surface area contributed by atoms with Crippen molar-refractivity contribution in [3.8, 4) is 11.6 Å². The molecule has 2 aromatic carbocycles. The van der Waals surface area contributed by atoms with E-state index < -0.39 is 29.2 Å². The maximum absolute atomic E-state index is 12.6. The molecule has 3 rings (SSSR count). The zero-order valence-corrected chi connectivity index (χ0v) is 16.8. The Morgan fingerprint density at radius 1 is 1.09 bits per heavy atom. The first-order valence-corrected chi connectivity index (χ1v) is 9.18. The average Bonchev–Trinajstić information content (AvgIpc) is 2.69. The number of carbonyl (C=O) groups is 1. The molecule has 1 heterocycles. The molecule has 166 valence electrons. The Kier molecular flexibility index (Phi) is 6.01. The molecular formula is C21H17F3N4O4. The molecule has 32 heavy (non-hydrogen) atoms. The predicted molar refractivity (Wildman–Crippen MR) is 112 cm³/mol. The maximum Gasteiger partial charge on any atom is 0.471 e. The highest BCUT2D eigenvalue weighted by atomic mass is 19.4. The third-order valence-corrected chi connectivity index (χ3v) is 4.50. The van der Waals surface area contributed by atoms with Gasteiger partial charge in [0, 0.05) is 0 Å². The van der Waals surface area contributed by atoms with Gasteiger partial charge < -0.3 is 10.4 Å². The summed E-state index contributed by atoms with van der Waals surface area (Å²) >= 11 is 0. The Bertz CT molecular complexity index is 1340. The number of aromatic hydroxyl groups is 1. The van der Waals surface area contributed by atoms with Crippen LogP contribution in [0.5, 0.6) is 5.88 Å². The topological polar surface area (TPSA) is 117 Å². The van der Waals surface area contributed by atoms with E-state index in [1.54, 1.807) is 36.5 Å². The number of aromatic nitrogens is 2. The van der Waals surface area contributed by atoms with Crippen LogP contribution in [0.1, 0.15) is 18.1 Å². The fourth-order valence-electron chi connectivity index (χ4n) is 3.00. The Morgan fingerprint density at radius 2 is 1.72 bits per heavy atom. The van der Waals surface area contributed by atoms with E-state index in [9.17, 15) is 32.7 Å². The fraction of sp³-hybridized carbons (Fsp3) is 0.143. The minimum atomic E-state index is -5.11. The maximum atomic E-state index is 12.6. The monoisotopic (exact) mass is 446 g/mol. The lowest BCUT2D eigenvalue weighted by molar-refractivity contribution is -0.167. The molecule has 8 nitrogen and oxygen atoms in total. The third-order valence-electron chi connectivity index (χ3n) is 4.50. The molecule has 0 aliphatic rings. The van der Waals surface area contributed by atoms with Gasteiger partial charge in [-0.05, 0) is 37.6 Å². The number of aromatic amines is 1. The Morgan fingerprint density at radius 3 is 2.38 bits per heavy atom. The van der Waals surface area contributed by atoms with Crippen LogP contribution in [0.15, 0.2) is 63.1 Å². The highest BCUT2D eigenvalue weighted by Gasteiger charge is 2.39. The second-order valence-electron chi connectivity index (χ2n) is 6.75. The molecule has 0 saturated carbocycles. The molecule has 0 bridgehead atoms. The van der Waals surface area contributed by atoms with Crippen molar-refractivity contribution in [3.63, 3.8) is 0 Å². The van der Waals surface area contributed by atoms with Gasteiger partial charge in [0.15, 0.2) is 0 Å². The summed E-state index contributed by atoms with van der Waals surface area (Å²) in [6.07, 6.45) is -5.11. The van der Waals surface area contributed by atoms with Gasteiger partial charge in [0.1, 0.15) is 5.56 Å². The van der Waals surface area contributed by atoms with E-state index in [1.165, 1.54) is 31.2 Å².